The Morgan fingerprint density at radius 2 is 2.20 bits per heavy atom. The molecule has 0 saturated carbocycles. The van der Waals surface area contributed by atoms with E-state index in [9.17, 15) is 4.79 Å². The minimum Gasteiger partial charge on any atom is -0.495 e. The van der Waals surface area contributed by atoms with Gasteiger partial charge in [0.25, 0.3) is 0 Å². The fourth-order valence-electron chi connectivity index (χ4n) is 1.90. The highest BCUT2D eigenvalue weighted by molar-refractivity contribution is 5.89. The quantitative estimate of drug-likeness (QED) is 0.875. The lowest BCUT2D eigenvalue weighted by atomic mass is 10.1. The number of pyridine rings is 1. The van der Waals surface area contributed by atoms with Crippen LogP contribution in [0.4, 0.5) is 5.69 Å². The van der Waals surface area contributed by atoms with E-state index < -0.39 is 5.97 Å². The molecule has 0 aliphatic carbocycles. The maximum absolute atomic E-state index is 11.0. The van der Waals surface area contributed by atoms with Crippen LogP contribution in [-0.4, -0.2) is 23.2 Å². The summed E-state index contributed by atoms with van der Waals surface area (Å²) in [6.45, 7) is 1.98. The number of benzene rings is 1. The molecule has 0 fully saturated rings. The van der Waals surface area contributed by atoms with E-state index in [-0.39, 0.29) is 11.6 Å². The minimum absolute atomic E-state index is 0.0124. The molecular formula is C15H16N2O3. The van der Waals surface area contributed by atoms with E-state index in [2.05, 4.69) is 10.3 Å². The number of aromatic carboxylic acids is 1. The number of aromatic nitrogens is 1. The first-order valence-electron chi connectivity index (χ1n) is 6.19. The summed E-state index contributed by atoms with van der Waals surface area (Å²) < 4.78 is 5.25. The molecule has 2 aromatic rings. The third-order valence-electron chi connectivity index (χ3n) is 3.00. The molecule has 1 aromatic carbocycles. The number of methoxy groups -OCH3 is 1. The molecule has 5 heteroatoms. The molecule has 1 unspecified atom stereocenters. The largest absolute Gasteiger partial charge is 0.495 e. The van der Waals surface area contributed by atoms with Gasteiger partial charge in [-0.15, -0.1) is 0 Å². The van der Waals surface area contributed by atoms with Crippen LogP contribution in [0.5, 0.6) is 5.75 Å². The van der Waals surface area contributed by atoms with Crippen LogP contribution in [0.15, 0.2) is 42.7 Å². The third-order valence-corrected chi connectivity index (χ3v) is 3.00. The fraction of sp³-hybridized carbons (Fsp3) is 0.200. The van der Waals surface area contributed by atoms with Crippen LogP contribution in [0.25, 0.3) is 0 Å². The monoisotopic (exact) mass is 272 g/mol. The van der Waals surface area contributed by atoms with Gasteiger partial charge in [-0.05, 0) is 36.8 Å². The topological polar surface area (TPSA) is 71.5 Å². The number of nitrogens with zero attached hydrogens (tertiary/aromatic N) is 1. The fourth-order valence-corrected chi connectivity index (χ4v) is 1.90. The SMILES string of the molecule is COc1ccc(C(=O)O)cc1NC(C)c1cccnc1. The second-order valence-electron chi connectivity index (χ2n) is 4.37. The van der Waals surface area contributed by atoms with Crippen LogP contribution in [-0.2, 0) is 0 Å². The molecule has 5 nitrogen and oxygen atoms in total. The van der Waals surface area contributed by atoms with Gasteiger partial charge in [0.2, 0.25) is 0 Å². The second-order valence-corrected chi connectivity index (χ2v) is 4.37. The molecule has 0 saturated heterocycles. The zero-order valence-corrected chi connectivity index (χ0v) is 11.3. The van der Waals surface area contributed by atoms with E-state index in [0.717, 1.165) is 5.56 Å². The van der Waals surface area contributed by atoms with Gasteiger partial charge in [0.15, 0.2) is 0 Å². The van der Waals surface area contributed by atoms with Crippen molar-refractivity contribution in [2.24, 2.45) is 0 Å². The predicted octanol–water partition coefficient (Wildman–Crippen LogP) is 2.96. The lowest BCUT2D eigenvalue weighted by molar-refractivity contribution is 0.0697. The van der Waals surface area contributed by atoms with Crippen molar-refractivity contribution in [1.29, 1.82) is 0 Å². The van der Waals surface area contributed by atoms with Crippen molar-refractivity contribution in [2.75, 3.05) is 12.4 Å². The predicted molar refractivity (Wildman–Crippen MR) is 76.2 cm³/mol. The van der Waals surface area contributed by atoms with Crippen molar-refractivity contribution >= 4 is 11.7 Å². The van der Waals surface area contributed by atoms with Gasteiger partial charge in [-0.1, -0.05) is 6.07 Å². The number of hydrogen-bond donors (Lipinski definition) is 2. The summed E-state index contributed by atoms with van der Waals surface area (Å²) in [6, 6.07) is 8.52. The van der Waals surface area contributed by atoms with Crippen LogP contribution in [0.3, 0.4) is 0 Å². The van der Waals surface area contributed by atoms with Crippen molar-refractivity contribution in [3.63, 3.8) is 0 Å². The summed E-state index contributed by atoms with van der Waals surface area (Å²) >= 11 is 0. The number of anilines is 1. The Kier molecular flexibility index (Phi) is 4.20. The van der Waals surface area contributed by atoms with Gasteiger partial charge in [0, 0.05) is 12.4 Å². The molecule has 1 aromatic heterocycles. The second kappa shape index (κ2) is 6.06. The molecule has 0 aliphatic heterocycles. The molecule has 0 radical (unpaired) electrons. The van der Waals surface area contributed by atoms with Gasteiger partial charge in [0.1, 0.15) is 5.75 Å². The van der Waals surface area contributed by atoms with Gasteiger partial charge in [-0.2, -0.15) is 0 Å². The van der Waals surface area contributed by atoms with E-state index in [1.165, 1.54) is 6.07 Å². The average molecular weight is 272 g/mol. The number of ether oxygens (including phenoxy) is 1. The van der Waals surface area contributed by atoms with E-state index >= 15 is 0 Å². The van der Waals surface area contributed by atoms with Crippen LogP contribution in [0.2, 0.25) is 0 Å². The molecule has 0 bridgehead atoms. The highest BCUT2D eigenvalue weighted by Crippen LogP contribution is 2.29. The molecule has 0 spiro atoms. The van der Waals surface area contributed by atoms with Crippen LogP contribution >= 0.6 is 0 Å². The number of carboxylic acids is 1. The zero-order valence-electron chi connectivity index (χ0n) is 11.3. The first kappa shape index (κ1) is 13.9. The van der Waals surface area contributed by atoms with E-state index in [0.29, 0.717) is 11.4 Å². The summed E-state index contributed by atoms with van der Waals surface area (Å²) in [5.74, 6) is -0.365. The summed E-state index contributed by atoms with van der Waals surface area (Å²) in [5, 5.41) is 12.3. The molecule has 2 N–H and O–H groups in total. The van der Waals surface area contributed by atoms with E-state index in [1.807, 2.05) is 19.1 Å². The number of nitrogens with one attached hydrogen (secondary N) is 1. The van der Waals surface area contributed by atoms with E-state index in [4.69, 9.17) is 9.84 Å². The smallest absolute Gasteiger partial charge is 0.335 e. The molecule has 0 aliphatic rings. The van der Waals surface area contributed by atoms with Crippen LogP contribution < -0.4 is 10.1 Å². The molecule has 1 heterocycles. The van der Waals surface area contributed by atoms with Crippen molar-refractivity contribution in [3.05, 3.63) is 53.9 Å². The summed E-state index contributed by atoms with van der Waals surface area (Å²) in [6.07, 6.45) is 3.48. The lowest BCUT2D eigenvalue weighted by Gasteiger charge is -2.18. The molecular weight excluding hydrogens is 256 g/mol. The Morgan fingerprint density at radius 3 is 2.80 bits per heavy atom. The minimum atomic E-state index is -0.968. The number of rotatable bonds is 5. The summed E-state index contributed by atoms with van der Waals surface area (Å²) in [7, 11) is 1.55. The highest BCUT2D eigenvalue weighted by atomic mass is 16.5. The Bertz CT molecular complexity index is 599. The van der Waals surface area contributed by atoms with Crippen LogP contribution in [0.1, 0.15) is 28.9 Å². The molecule has 0 amide bonds. The highest BCUT2D eigenvalue weighted by Gasteiger charge is 2.12. The van der Waals surface area contributed by atoms with Crippen LogP contribution in [0, 0.1) is 0 Å². The zero-order chi connectivity index (χ0) is 14.5. The first-order valence-corrected chi connectivity index (χ1v) is 6.19. The number of carbonyl (C=O) groups is 1. The van der Waals surface area contributed by atoms with Crippen molar-refractivity contribution in [2.45, 2.75) is 13.0 Å². The summed E-state index contributed by atoms with van der Waals surface area (Å²) in [4.78, 5) is 15.1. The van der Waals surface area contributed by atoms with Gasteiger partial charge in [-0.25, -0.2) is 4.79 Å². The Hall–Kier alpha value is -2.56. The van der Waals surface area contributed by atoms with Gasteiger partial charge >= 0.3 is 5.97 Å². The van der Waals surface area contributed by atoms with Crippen molar-refractivity contribution in [1.82, 2.24) is 4.98 Å². The molecule has 1 atom stereocenters. The molecule has 2 rings (SSSR count). The van der Waals surface area contributed by atoms with Gasteiger partial charge < -0.3 is 15.2 Å². The van der Waals surface area contributed by atoms with Crippen molar-refractivity contribution in [3.8, 4) is 5.75 Å². The average Bonchev–Trinajstić information content (AvgIpc) is 2.48. The summed E-state index contributed by atoms with van der Waals surface area (Å²) in [5.41, 5.74) is 1.87. The van der Waals surface area contributed by atoms with E-state index in [1.54, 1.807) is 31.6 Å². The lowest BCUT2D eigenvalue weighted by Crippen LogP contribution is -2.09. The van der Waals surface area contributed by atoms with Crippen molar-refractivity contribution < 1.29 is 14.6 Å². The number of hydrogen-bond acceptors (Lipinski definition) is 4. The Balaban J connectivity index is 2.27. The normalized spacial score (nSPS) is 11.7. The van der Waals surface area contributed by atoms with Gasteiger partial charge in [-0.3, -0.25) is 4.98 Å². The number of carboxylic acid groups (broad SMARTS) is 1. The third kappa shape index (κ3) is 3.06. The standard InChI is InChI=1S/C15H16N2O3/c1-10(12-4-3-7-16-9-12)17-13-8-11(15(18)19)5-6-14(13)20-2/h3-10,17H,1-2H3,(H,18,19). The maximum Gasteiger partial charge on any atom is 0.335 e. The Morgan fingerprint density at radius 1 is 1.40 bits per heavy atom. The first-order chi connectivity index (χ1) is 9.61. The molecule has 104 valence electrons. The molecule has 20 heavy (non-hydrogen) atoms. The maximum atomic E-state index is 11.0. The van der Waals surface area contributed by atoms with Gasteiger partial charge in [0.05, 0.1) is 24.4 Å². The Labute approximate surface area is 117 Å².